The summed E-state index contributed by atoms with van der Waals surface area (Å²) in [4.78, 5) is 26.0. The third-order valence-electron chi connectivity index (χ3n) is 4.06. The third kappa shape index (κ3) is 2.90. The second kappa shape index (κ2) is 6.12. The first kappa shape index (κ1) is 15.1. The molecule has 1 N–H and O–H groups in total. The minimum absolute atomic E-state index is 0.122. The fourth-order valence-electron chi connectivity index (χ4n) is 2.70. The molecule has 0 spiro atoms. The van der Waals surface area contributed by atoms with Crippen molar-refractivity contribution in [3.8, 4) is 5.75 Å². The highest BCUT2D eigenvalue weighted by Gasteiger charge is 2.40. The minimum atomic E-state index is -0.629. The van der Waals surface area contributed by atoms with Crippen LogP contribution in [0.1, 0.15) is 30.0 Å². The van der Waals surface area contributed by atoms with Crippen molar-refractivity contribution in [2.45, 2.75) is 18.9 Å². The minimum Gasteiger partial charge on any atom is -0.508 e. The van der Waals surface area contributed by atoms with Crippen LogP contribution in [0.25, 0.3) is 0 Å². The molecule has 23 heavy (non-hydrogen) atoms. The standard InChI is InChI=1S/C18H17NO4/c1-12(13-5-3-2-4-6-13)17(21)19-16(11-23-18(19)22)14-7-9-15(20)10-8-14/h2-10,12,16,20H,11H2,1H3/t12-,16-/m0/s1. The first-order valence-electron chi connectivity index (χ1n) is 7.41. The van der Waals surface area contributed by atoms with E-state index in [-0.39, 0.29) is 18.3 Å². The van der Waals surface area contributed by atoms with Crippen molar-refractivity contribution in [3.05, 3.63) is 65.7 Å². The molecule has 1 heterocycles. The molecule has 0 aromatic heterocycles. The zero-order valence-electron chi connectivity index (χ0n) is 12.7. The topological polar surface area (TPSA) is 66.8 Å². The molecule has 0 unspecified atom stereocenters. The Kier molecular flexibility index (Phi) is 4.02. The fourth-order valence-corrected chi connectivity index (χ4v) is 2.70. The first-order chi connectivity index (χ1) is 11.1. The van der Waals surface area contributed by atoms with Crippen molar-refractivity contribution in [2.24, 2.45) is 0 Å². The predicted octanol–water partition coefficient (Wildman–Crippen LogP) is 3.22. The Labute approximate surface area is 134 Å². The summed E-state index contributed by atoms with van der Waals surface area (Å²) in [6, 6.07) is 15.3. The molecule has 5 nitrogen and oxygen atoms in total. The van der Waals surface area contributed by atoms with Gasteiger partial charge in [-0.3, -0.25) is 4.79 Å². The number of imide groups is 1. The lowest BCUT2D eigenvalue weighted by molar-refractivity contribution is -0.130. The van der Waals surface area contributed by atoms with E-state index in [1.165, 1.54) is 17.0 Å². The molecule has 0 saturated carbocycles. The van der Waals surface area contributed by atoms with Gasteiger partial charge in [-0.15, -0.1) is 0 Å². The summed E-state index contributed by atoms with van der Waals surface area (Å²) in [6.45, 7) is 1.90. The number of ether oxygens (including phenoxy) is 1. The molecule has 1 saturated heterocycles. The summed E-state index contributed by atoms with van der Waals surface area (Å²) in [5.41, 5.74) is 1.60. The summed E-state index contributed by atoms with van der Waals surface area (Å²) < 4.78 is 5.07. The van der Waals surface area contributed by atoms with Crippen LogP contribution in [0.15, 0.2) is 54.6 Å². The predicted molar refractivity (Wildman–Crippen MR) is 83.9 cm³/mol. The molecule has 1 fully saturated rings. The maximum absolute atomic E-state index is 12.8. The second-order valence-corrected chi connectivity index (χ2v) is 5.52. The van der Waals surface area contributed by atoms with E-state index in [1.807, 2.05) is 30.3 Å². The summed E-state index contributed by atoms with van der Waals surface area (Å²) in [6.07, 6.45) is -0.629. The average Bonchev–Trinajstić information content (AvgIpc) is 2.96. The molecule has 2 atom stereocenters. The van der Waals surface area contributed by atoms with Gasteiger partial charge in [0.25, 0.3) is 0 Å². The Bertz CT molecular complexity index is 712. The maximum atomic E-state index is 12.8. The Morgan fingerprint density at radius 1 is 1.17 bits per heavy atom. The van der Waals surface area contributed by atoms with E-state index in [0.29, 0.717) is 0 Å². The largest absolute Gasteiger partial charge is 0.508 e. The van der Waals surface area contributed by atoms with Crippen LogP contribution in [0.5, 0.6) is 5.75 Å². The van der Waals surface area contributed by atoms with Gasteiger partial charge in [0.05, 0.1) is 5.92 Å². The monoisotopic (exact) mass is 311 g/mol. The van der Waals surface area contributed by atoms with Crippen molar-refractivity contribution < 1.29 is 19.4 Å². The number of amides is 2. The normalized spacial score (nSPS) is 18.6. The molecular formula is C18H17NO4. The summed E-state index contributed by atoms with van der Waals surface area (Å²) in [7, 11) is 0. The molecule has 0 bridgehead atoms. The number of nitrogens with zero attached hydrogens (tertiary/aromatic N) is 1. The van der Waals surface area contributed by atoms with E-state index in [4.69, 9.17) is 4.74 Å². The molecule has 0 radical (unpaired) electrons. The number of phenols is 1. The summed E-state index contributed by atoms with van der Waals surface area (Å²) in [5.74, 6) is -0.604. The lowest BCUT2D eigenvalue weighted by atomic mass is 9.98. The number of aromatic hydroxyl groups is 1. The van der Waals surface area contributed by atoms with E-state index in [2.05, 4.69) is 0 Å². The van der Waals surface area contributed by atoms with E-state index in [1.54, 1.807) is 19.1 Å². The van der Waals surface area contributed by atoms with Gasteiger partial charge in [-0.25, -0.2) is 9.69 Å². The van der Waals surface area contributed by atoms with Crippen LogP contribution in [0.2, 0.25) is 0 Å². The number of carbonyl (C=O) groups excluding carboxylic acids is 2. The molecule has 2 aromatic carbocycles. The Morgan fingerprint density at radius 3 is 2.48 bits per heavy atom. The van der Waals surface area contributed by atoms with Crippen LogP contribution < -0.4 is 0 Å². The quantitative estimate of drug-likeness (QED) is 0.945. The molecule has 1 aliphatic heterocycles. The van der Waals surface area contributed by atoms with E-state index >= 15 is 0 Å². The van der Waals surface area contributed by atoms with Crippen LogP contribution in [-0.2, 0) is 9.53 Å². The van der Waals surface area contributed by atoms with Crippen LogP contribution in [0, 0.1) is 0 Å². The number of rotatable bonds is 3. The van der Waals surface area contributed by atoms with Crippen molar-refractivity contribution in [1.82, 2.24) is 4.90 Å². The number of benzene rings is 2. The molecule has 2 amide bonds. The highest BCUT2D eigenvalue weighted by molar-refractivity contribution is 5.97. The molecule has 2 aromatic rings. The highest BCUT2D eigenvalue weighted by Crippen LogP contribution is 2.32. The van der Waals surface area contributed by atoms with Crippen LogP contribution in [0.3, 0.4) is 0 Å². The molecule has 118 valence electrons. The number of hydrogen-bond acceptors (Lipinski definition) is 4. The fraction of sp³-hybridized carbons (Fsp3) is 0.222. The molecular weight excluding hydrogens is 294 g/mol. The molecule has 1 aliphatic rings. The molecule has 5 heteroatoms. The zero-order valence-corrected chi connectivity index (χ0v) is 12.7. The van der Waals surface area contributed by atoms with Gasteiger partial charge < -0.3 is 9.84 Å². The maximum Gasteiger partial charge on any atom is 0.417 e. The van der Waals surface area contributed by atoms with Crippen molar-refractivity contribution >= 4 is 12.0 Å². The second-order valence-electron chi connectivity index (χ2n) is 5.52. The zero-order chi connectivity index (χ0) is 16.4. The lowest BCUT2D eigenvalue weighted by Gasteiger charge is -2.23. The summed E-state index contributed by atoms with van der Waals surface area (Å²) in [5, 5.41) is 9.38. The average molecular weight is 311 g/mol. The Morgan fingerprint density at radius 2 is 1.83 bits per heavy atom. The Balaban J connectivity index is 1.87. The van der Waals surface area contributed by atoms with E-state index in [9.17, 15) is 14.7 Å². The van der Waals surface area contributed by atoms with E-state index < -0.39 is 18.1 Å². The van der Waals surface area contributed by atoms with Gasteiger partial charge in [0.15, 0.2) is 0 Å². The number of cyclic esters (lactones) is 1. The third-order valence-corrected chi connectivity index (χ3v) is 4.06. The Hall–Kier alpha value is -2.82. The smallest absolute Gasteiger partial charge is 0.417 e. The van der Waals surface area contributed by atoms with Crippen LogP contribution >= 0.6 is 0 Å². The van der Waals surface area contributed by atoms with Gasteiger partial charge in [-0.2, -0.15) is 0 Å². The highest BCUT2D eigenvalue weighted by atomic mass is 16.6. The lowest BCUT2D eigenvalue weighted by Crippen LogP contribution is -2.37. The van der Waals surface area contributed by atoms with Crippen molar-refractivity contribution in [3.63, 3.8) is 0 Å². The van der Waals surface area contributed by atoms with Gasteiger partial charge in [0, 0.05) is 0 Å². The van der Waals surface area contributed by atoms with Gasteiger partial charge in [-0.1, -0.05) is 42.5 Å². The first-order valence-corrected chi connectivity index (χ1v) is 7.41. The molecule has 0 aliphatic carbocycles. The van der Waals surface area contributed by atoms with Crippen LogP contribution in [-0.4, -0.2) is 28.6 Å². The number of carbonyl (C=O) groups is 2. The van der Waals surface area contributed by atoms with E-state index in [0.717, 1.165) is 11.1 Å². The van der Waals surface area contributed by atoms with Crippen LogP contribution in [0.4, 0.5) is 4.79 Å². The summed E-state index contributed by atoms with van der Waals surface area (Å²) >= 11 is 0. The van der Waals surface area contributed by atoms with Gasteiger partial charge in [-0.05, 0) is 30.2 Å². The number of hydrogen-bond donors (Lipinski definition) is 1. The molecule has 3 rings (SSSR count). The van der Waals surface area contributed by atoms with Crippen molar-refractivity contribution in [2.75, 3.05) is 6.61 Å². The van der Waals surface area contributed by atoms with Crippen molar-refractivity contribution in [1.29, 1.82) is 0 Å². The number of phenolic OH excluding ortho intramolecular Hbond substituents is 1. The van der Waals surface area contributed by atoms with Gasteiger partial charge >= 0.3 is 6.09 Å². The van der Waals surface area contributed by atoms with Gasteiger partial charge in [0.1, 0.15) is 18.4 Å². The SMILES string of the molecule is C[C@H](C(=O)N1C(=O)OC[C@H]1c1ccc(O)cc1)c1ccccc1. The van der Waals surface area contributed by atoms with Gasteiger partial charge in [0.2, 0.25) is 5.91 Å².